The van der Waals surface area contributed by atoms with E-state index in [0.29, 0.717) is 5.57 Å². The molecule has 130 valence electrons. The molecule has 3 nitrogen and oxygen atoms in total. The highest BCUT2D eigenvalue weighted by Crippen LogP contribution is 2.10. The molecule has 1 amide bonds. The smallest absolute Gasteiger partial charge is 0.246 e. The molecule has 0 unspecified atom stereocenters. The molecule has 0 radical (unpaired) electrons. The second-order valence-electron chi connectivity index (χ2n) is 6.32. The highest BCUT2D eigenvalue weighted by atomic mass is 16.1. The molecule has 0 saturated carbocycles. The normalized spacial score (nSPS) is 10.6. The number of carbonyl (C=O) groups is 1. The molecule has 0 aliphatic rings. The van der Waals surface area contributed by atoms with Crippen molar-refractivity contribution in [1.82, 2.24) is 10.6 Å². The average molecular weight is 311 g/mol. The monoisotopic (exact) mass is 310 g/mol. The molecule has 3 heteroatoms. The van der Waals surface area contributed by atoms with Gasteiger partial charge >= 0.3 is 0 Å². The highest BCUT2D eigenvalue weighted by molar-refractivity contribution is 5.91. The number of hydrogen-bond acceptors (Lipinski definition) is 2. The Morgan fingerprint density at radius 1 is 0.773 bits per heavy atom. The van der Waals surface area contributed by atoms with Gasteiger partial charge in [0.2, 0.25) is 5.91 Å². The Hall–Kier alpha value is -0.830. The lowest BCUT2D eigenvalue weighted by atomic mass is 10.1. The molecule has 0 saturated heterocycles. The predicted octanol–water partition coefficient (Wildman–Crippen LogP) is 4.58. The van der Waals surface area contributed by atoms with E-state index in [-0.39, 0.29) is 5.91 Å². The standard InChI is InChI=1S/C19H38N2O/c1-4-5-6-7-8-9-10-11-12-13-15-20-16-14-17-21-19(22)18(2)3/h20H,2,4-17H2,1,3H3,(H,21,22). The number of amides is 1. The molecule has 0 atom stereocenters. The minimum absolute atomic E-state index is 0.0327. The quantitative estimate of drug-likeness (QED) is 0.324. The summed E-state index contributed by atoms with van der Waals surface area (Å²) in [5.41, 5.74) is 0.582. The van der Waals surface area contributed by atoms with Crippen LogP contribution in [0.15, 0.2) is 12.2 Å². The number of nitrogens with one attached hydrogen (secondary N) is 2. The Kier molecular flexibility index (Phi) is 15.9. The van der Waals surface area contributed by atoms with Crippen LogP contribution < -0.4 is 10.6 Å². The van der Waals surface area contributed by atoms with Crippen LogP contribution >= 0.6 is 0 Å². The molecule has 0 aromatic heterocycles. The lowest BCUT2D eigenvalue weighted by Crippen LogP contribution is -2.27. The van der Waals surface area contributed by atoms with Crippen molar-refractivity contribution in [1.29, 1.82) is 0 Å². The fraction of sp³-hybridized carbons (Fsp3) is 0.842. The summed E-state index contributed by atoms with van der Waals surface area (Å²) in [6.07, 6.45) is 14.8. The number of unbranched alkanes of at least 4 members (excludes halogenated alkanes) is 9. The van der Waals surface area contributed by atoms with Crippen LogP contribution in [0.4, 0.5) is 0 Å². The van der Waals surface area contributed by atoms with Crippen molar-refractivity contribution in [3.8, 4) is 0 Å². The molecular weight excluding hydrogens is 272 g/mol. The zero-order valence-corrected chi connectivity index (χ0v) is 15.0. The lowest BCUT2D eigenvalue weighted by Gasteiger charge is -2.06. The average Bonchev–Trinajstić information content (AvgIpc) is 2.50. The Balaban J connectivity index is 3.05. The third-order valence-electron chi connectivity index (χ3n) is 3.91. The molecule has 22 heavy (non-hydrogen) atoms. The Morgan fingerprint density at radius 2 is 1.27 bits per heavy atom. The van der Waals surface area contributed by atoms with Gasteiger partial charge in [-0.05, 0) is 32.9 Å². The lowest BCUT2D eigenvalue weighted by molar-refractivity contribution is -0.117. The molecule has 0 aliphatic carbocycles. The summed E-state index contributed by atoms with van der Waals surface area (Å²) in [5, 5.41) is 6.29. The first-order valence-electron chi connectivity index (χ1n) is 9.33. The van der Waals surface area contributed by atoms with Gasteiger partial charge in [-0.1, -0.05) is 71.3 Å². The van der Waals surface area contributed by atoms with Crippen molar-refractivity contribution < 1.29 is 4.79 Å². The fourth-order valence-electron chi connectivity index (χ4n) is 2.43. The summed E-state index contributed by atoms with van der Waals surface area (Å²) < 4.78 is 0. The van der Waals surface area contributed by atoms with Crippen LogP contribution in [0.1, 0.15) is 84.5 Å². The van der Waals surface area contributed by atoms with Crippen molar-refractivity contribution in [3.63, 3.8) is 0 Å². The van der Waals surface area contributed by atoms with Crippen molar-refractivity contribution in [3.05, 3.63) is 12.2 Å². The molecule has 2 N–H and O–H groups in total. The highest BCUT2D eigenvalue weighted by Gasteiger charge is 1.99. The van der Waals surface area contributed by atoms with E-state index in [1.54, 1.807) is 6.92 Å². The first-order valence-corrected chi connectivity index (χ1v) is 9.33. The molecule has 0 heterocycles. The van der Waals surface area contributed by atoms with Crippen LogP contribution in [0.5, 0.6) is 0 Å². The zero-order chi connectivity index (χ0) is 16.5. The van der Waals surface area contributed by atoms with Gasteiger partial charge in [-0.25, -0.2) is 0 Å². The van der Waals surface area contributed by atoms with E-state index in [1.807, 2.05) is 0 Å². The van der Waals surface area contributed by atoms with Gasteiger partial charge in [-0.2, -0.15) is 0 Å². The van der Waals surface area contributed by atoms with E-state index in [4.69, 9.17) is 0 Å². The summed E-state index contributed by atoms with van der Waals surface area (Å²) in [6, 6.07) is 0. The van der Waals surface area contributed by atoms with Crippen molar-refractivity contribution >= 4 is 5.91 Å². The molecule has 0 aromatic carbocycles. The SMILES string of the molecule is C=C(C)C(=O)NCCCNCCCCCCCCCCCC. The number of hydrogen-bond donors (Lipinski definition) is 2. The van der Waals surface area contributed by atoms with Gasteiger partial charge in [0.1, 0.15) is 0 Å². The second-order valence-corrected chi connectivity index (χ2v) is 6.32. The van der Waals surface area contributed by atoms with Crippen molar-refractivity contribution in [2.75, 3.05) is 19.6 Å². The minimum atomic E-state index is -0.0327. The van der Waals surface area contributed by atoms with Crippen LogP contribution in [0.3, 0.4) is 0 Å². The van der Waals surface area contributed by atoms with Gasteiger partial charge in [-0.15, -0.1) is 0 Å². The largest absolute Gasteiger partial charge is 0.352 e. The van der Waals surface area contributed by atoms with Crippen LogP contribution in [0, 0.1) is 0 Å². The van der Waals surface area contributed by atoms with Gasteiger partial charge in [0.25, 0.3) is 0 Å². The van der Waals surface area contributed by atoms with Crippen LogP contribution in [0.2, 0.25) is 0 Å². The third-order valence-corrected chi connectivity index (χ3v) is 3.91. The summed E-state index contributed by atoms with van der Waals surface area (Å²) in [7, 11) is 0. The van der Waals surface area contributed by atoms with Crippen molar-refractivity contribution in [2.45, 2.75) is 84.5 Å². The fourth-order valence-corrected chi connectivity index (χ4v) is 2.43. The Bertz CT molecular complexity index is 277. The van der Waals surface area contributed by atoms with E-state index >= 15 is 0 Å². The molecule has 0 rings (SSSR count). The van der Waals surface area contributed by atoms with Gasteiger partial charge < -0.3 is 10.6 Å². The van der Waals surface area contributed by atoms with E-state index in [2.05, 4.69) is 24.1 Å². The third kappa shape index (κ3) is 15.6. The summed E-state index contributed by atoms with van der Waals surface area (Å²) >= 11 is 0. The predicted molar refractivity (Wildman–Crippen MR) is 97.2 cm³/mol. The summed E-state index contributed by atoms with van der Waals surface area (Å²) in [5.74, 6) is -0.0327. The maximum absolute atomic E-state index is 11.2. The first kappa shape index (κ1) is 21.2. The minimum Gasteiger partial charge on any atom is -0.352 e. The molecule has 0 aromatic rings. The van der Waals surface area contributed by atoms with E-state index in [1.165, 1.54) is 64.2 Å². The van der Waals surface area contributed by atoms with Gasteiger partial charge in [0, 0.05) is 12.1 Å². The van der Waals surface area contributed by atoms with Gasteiger partial charge in [-0.3, -0.25) is 4.79 Å². The van der Waals surface area contributed by atoms with Crippen LogP contribution in [-0.2, 0) is 4.79 Å². The second kappa shape index (κ2) is 16.5. The van der Waals surface area contributed by atoms with Gasteiger partial charge in [0.15, 0.2) is 0 Å². The Labute approximate surface area is 138 Å². The molecule has 0 spiro atoms. The topological polar surface area (TPSA) is 41.1 Å². The van der Waals surface area contributed by atoms with Crippen molar-refractivity contribution in [2.24, 2.45) is 0 Å². The number of rotatable bonds is 16. The van der Waals surface area contributed by atoms with Crippen LogP contribution in [-0.4, -0.2) is 25.5 Å². The van der Waals surface area contributed by atoms with E-state index in [9.17, 15) is 4.79 Å². The Morgan fingerprint density at radius 3 is 1.82 bits per heavy atom. The molecule has 0 aliphatic heterocycles. The van der Waals surface area contributed by atoms with E-state index < -0.39 is 0 Å². The zero-order valence-electron chi connectivity index (χ0n) is 15.0. The first-order chi connectivity index (χ1) is 10.7. The van der Waals surface area contributed by atoms with Gasteiger partial charge in [0.05, 0.1) is 0 Å². The molecular formula is C19H38N2O. The number of carbonyl (C=O) groups excluding carboxylic acids is 1. The maximum atomic E-state index is 11.2. The molecule has 0 fully saturated rings. The maximum Gasteiger partial charge on any atom is 0.246 e. The van der Waals surface area contributed by atoms with Crippen LogP contribution in [0.25, 0.3) is 0 Å². The summed E-state index contributed by atoms with van der Waals surface area (Å²) in [6.45, 7) is 10.4. The summed E-state index contributed by atoms with van der Waals surface area (Å²) in [4.78, 5) is 11.2. The van der Waals surface area contributed by atoms with E-state index in [0.717, 1.165) is 26.1 Å². The molecule has 0 bridgehead atoms.